The van der Waals surface area contributed by atoms with Gasteiger partial charge in [-0.1, -0.05) is 49.9 Å². The van der Waals surface area contributed by atoms with Crippen LogP contribution in [0.25, 0.3) is 33.9 Å². The van der Waals surface area contributed by atoms with Gasteiger partial charge in [-0.3, -0.25) is 9.98 Å². The molecule has 2 aliphatic rings. The fourth-order valence-electron chi connectivity index (χ4n) is 5.32. The van der Waals surface area contributed by atoms with Crippen LogP contribution in [-0.2, 0) is 0 Å². The third-order valence-electron chi connectivity index (χ3n) is 7.37. The van der Waals surface area contributed by atoms with E-state index in [4.69, 9.17) is 30.9 Å². The molecule has 184 valence electrons. The summed E-state index contributed by atoms with van der Waals surface area (Å²) in [5, 5.41) is 0. The molecule has 2 aromatic carbocycles. The van der Waals surface area contributed by atoms with Gasteiger partial charge in [0.05, 0.1) is 23.1 Å². The molecule has 2 heterocycles. The lowest BCUT2D eigenvalue weighted by Crippen LogP contribution is -2.16. The van der Waals surface area contributed by atoms with Gasteiger partial charge in [-0.15, -0.1) is 0 Å². The maximum absolute atomic E-state index is 6.30. The molecule has 4 aromatic rings. The molecule has 6 rings (SSSR count). The monoisotopic (exact) mass is 480 g/mol. The summed E-state index contributed by atoms with van der Waals surface area (Å²) >= 11 is 0. The van der Waals surface area contributed by atoms with E-state index in [1.807, 2.05) is 54.6 Å². The molecule has 2 fully saturated rings. The molecule has 0 atom stereocenters. The lowest BCUT2D eigenvalue weighted by molar-refractivity contribution is 0.593. The van der Waals surface area contributed by atoms with E-state index >= 15 is 0 Å². The van der Waals surface area contributed by atoms with Gasteiger partial charge in [0.25, 0.3) is 0 Å². The van der Waals surface area contributed by atoms with Crippen LogP contribution in [0.4, 0.5) is 0 Å². The Morgan fingerprint density at radius 3 is 2.00 bits per heavy atom. The summed E-state index contributed by atoms with van der Waals surface area (Å²) in [5.74, 6) is 3.35. The summed E-state index contributed by atoms with van der Waals surface area (Å²) in [6, 6.07) is 18.6. The van der Waals surface area contributed by atoms with Gasteiger partial charge in [0.1, 0.15) is 17.4 Å². The van der Waals surface area contributed by atoms with E-state index < -0.39 is 0 Å². The van der Waals surface area contributed by atoms with E-state index in [0.29, 0.717) is 35.3 Å². The molecule has 0 radical (unpaired) electrons. The number of hydrogen-bond donors (Lipinski definition) is 3. The van der Waals surface area contributed by atoms with Gasteiger partial charge in [0, 0.05) is 16.7 Å². The number of aromatic nitrogens is 2. The molecule has 0 saturated heterocycles. The zero-order valence-corrected chi connectivity index (χ0v) is 20.4. The predicted molar refractivity (Wildman–Crippen MR) is 145 cm³/mol. The number of furan rings is 1. The van der Waals surface area contributed by atoms with Crippen molar-refractivity contribution in [2.24, 2.45) is 21.5 Å². The third-order valence-corrected chi connectivity index (χ3v) is 7.37. The van der Waals surface area contributed by atoms with Gasteiger partial charge < -0.3 is 20.9 Å². The smallest absolute Gasteiger partial charge is 0.174 e. The van der Waals surface area contributed by atoms with Crippen molar-refractivity contribution in [3.8, 4) is 22.9 Å². The summed E-state index contributed by atoms with van der Waals surface area (Å²) in [6.45, 7) is 0. The molecule has 5 N–H and O–H groups in total. The standard InChI is InChI=1S/C29H32N6O/c30-27(32-21-5-1-2-6-21)19-11-9-18(10-12-19)25-15-16-26(36-25)29-34-23-14-13-20(17-24(23)35-29)28(31)33-22-7-3-4-8-22/h9-17,21-22H,1-8H2,(H2,30,32)(H2,31,33)(H,34,35). The van der Waals surface area contributed by atoms with Gasteiger partial charge in [-0.25, -0.2) is 4.98 Å². The number of nitrogens with one attached hydrogen (secondary N) is 1. The van der Waals surface area contributed by atoms with Gasteiger partial charge in [-0.2, -0.15) is 0 Å². The van der Waals surface area contributed by atoms with Crippen LogP contribution < -0.4 is 11.5 Å². The highest BCUT2D eigenvalue weighted by Gasteiger charge is 2.17. The summed E-state index contributed by atoms with van der Waals surface area (Å²) < 4.78 is 6.16. The van der Waals surface area contributed by atoms with Crippen molar-refractivity contribution in [1.29, 1.82) is 0 Å². The van der Waals surface area contributed by atoms with Crippen LogP contribution >= 0.6 is 0 Å². The molecule has 0 unspecified atom stereocenters. The van der Waals surface area contributed by atoms with E-state index in [1.165, 1.54) is 25.7 Å². The molecule has 0 bridgehead atoms. The molecule has 2 aliphatic carbocycles. The van der Waals surface area contributed by atoms with Gasteiger partial charge in [0.2, 0.25) is 0 Å². The fourth-order valence-corrected chi connectivity index (χ4v) is 5.32. The molecule has 7 heteroatoms. The number of benzene rings is 2. The molecular formula is C29H32N6O. The van der Waals surface area contributed by atoms with Crippen LogP contribution in [0.5, 0.6) is 0 Å². The van der Waals surface area contributed by atoms with Gasteiger partial charge in [-0.05, 0) is 56.0 Å². The zero-order chi connectivity index (χ0) is 24.5. The second-order valence-corrected chi connectivity index (χ2v) is 9.96. The minimum Gasteiger partial charge on any atom is -0.453 e. The first kappa shape index (κ1) is 22.6. The van der Waals surface area contributed by atoms with Crippen LogP contribution in [-0.4, -0.2) is 33.7 Å². The highest BCUT2D eigenvalue weighted by Crippen LogP contribution is 2.29. The Morgan fingerprint density at radius 2 is 1.33 bits per heavy atom. The summed E-state index contributed by atoms with van der Waals surface area (Å²) in [6.07, 6.45) is 9.50. The van der Waals surface area contributed by atoms with Crippen LogP contribution in [0.3, 0.4) is 0 Å². The van der Waals surface area contributed by atoms with Crippen molar-refractivity contribution in [1.82, 2.24) is 9.97 Å². The Hall–Kier alpha value is -3.87. The van der Waals surface area contributed by atoms with Crippen molar-refractivity contribution >= 4 is 22.7 Å². The minimum absolute atomic E-state index is 0.352. The number of hydrogen-bond acceptors (Lipinski definition) is 4. The van der Waals surface area contributed by atoms with E-state index in [1.54, 1.807) is 0 Å². The maximum atomic E-state index is 6.30. The molecule has 2 aromatic heterocycles. The highest BCUT2D eigenvalue weighted by atomic mass is 16.3. The number of imidazole rings is 1. The van der Waals surface area contributed by atoms with Crippen LogP contribution in [0, 0.1) is 0 Å². The van der Waals surface area contributed by atoms with E-state index in [2.05, 4.69) is 4.98 Å². The first-order valence-corrected chi connectivity index (χ1v) is 13.0. The first-order chi connectivity index (χ1) is 17.6. The third kappa shape index (κ3) is 4.65. The number of nitrogens with zero attached hydrogens (tertiary/aromatic N) is 3. The molecule has 2 saturated carbocycles. The predicted octanol–water partition coefficient (Wildman–Crippen LogP) is 5.79. The SMILES string of the molecule is NC(=NC1CCCC1)c1ccc(-c2ccc(-c3nc4ccc(C(N)=NC5CCCC5)cc4[nH]3)o2)cc1. The molecule has 0 aliphatic heterocycles. The topological polar surface area (TPSA) is 119 Å². The Bertz CT molecular complexity index is 1420. The van der Waals surface area contributed by atoms with Crippen LogP contribution in [0.2, 0.25) is 0 Å². The molecule has 0 spiro atoms. The summed E-state index contributed by atoms with van der Waals surface area (Å²) in [5.41, 5.74) is 17.2. The summed E-state index contributed by atoms with van der Waals surface area (Å²) in [4.78, 5) is 17.5. The second-order valence-electron chi connectivity index (χ2n) is 9.96. The Balaban J connectivity index is 1.20. The van der Waals surface area contributed by atoms with E-state index in [0.717, 1.165) is 59.2 Å². The van der Waals surface area contributed by atoms with Crippen molar-refractivity contribution in [3.05, 3.63) is 65.7 Å². The largest absolute Gasteiger partial charge is 0.453 e. The number of aliphatic imine (C=N–C) groups is 2. The van der Waals surface area contributed by atoms with E-state index in [9.17, 15) is 0 Å². The highest BCUT2D eigenvalue weighted by molar-refractivity contribution is 6.00. The second kappa shape index (κ2) is 9.64. The lowest BCUT2D eigenvalue weighted by atomic mass is 10.1. The summed E-state index contributed by atoms with van der Waals surface area (Å²) in [7, 11) is 0. The average Bonchev–Trinajstić information content (AvgIpc) is 3.71. The Labute approximate surface area is 210 Å². The zero-order valence-electron chi connectivity index (χ0n) is 20.4. The lowest BCUT2D eigenvalue weighted by Gasteiger charge is -2.06. The molecule has 0 amide bonds. The van der Waals surface area contributed by atoms with Crippen molar-refractivity contribution in [3.63, 3.8) is 0 Å². The molecular weight excluding hydrogens is 448 g/mol. The quantitative estimate of drug-likeness (QED) is 0.239. The number of nitrogens with two attached hydrogens (primary N) is 2. The van der Waals surface area contributed by atoms with Crippen LogP contribution in [0.1, 0.15) is 62.5 Å². The van der Waals surface area contributed by atoms with Crippen molar-refractivity contribution in [2.75, 3.05) is 0 Å². The normalized spacial score (nSPS) is 18.0. The van der Waals surface area contributed by atoms with Crippen LogP contribution in [0.15, 0.2) is 69.0 Å². The number of fused-ring (bicyclic) bond motifs is 1. The van der Waals surface area contributed by atoms with Gasteiger partial charge >= 0.3 is 0 Å². The van der Waals surface area contributed by atoms with Crippen molar-refractivity contribution < 1.29 is 4.42 Å². The number of rotatable bonds is 6. The van der Waals surface area contributed by atoms with E-state index in [-0.39, 0.29) is 0 Å². The maximum Gasteiger partial charge on any atom is 0.174 e. The first-order valence-electron chi connectivity index (χ1n) is 13.0. The van der Waals surface area contributed by atoms with Gasteiger partial charge in [0.15, 0.2) is 11.6 Å². The van der Waals surface area contributed by atoms with Crippen molar-refractivity contribution in [2.45, 2.75) is 63.5 Å². The minimum atomic E-state index is 0.352. The number of H-pyrrole nitrogens is 1. The number of amidine groups is 2. The number of aromatic amines is 1. The fraction of sp³-hybridized carbons (Fsp3) is 0.345. The Morgan fingerprint density at radius 1 is 0.750 bits per heavy atom. The average molecular weight is 481 g/mol. The molecule has 36 heavy (non-hydrogen) atoms. The Kier molecular flexibility index (Phi) is 6.05. The molecule has 7 nitrogen and oxygen atoms in total.